The van der Waals surface area contributed by atoms with Crippen molar-refractivity contribution in [2.24, 2.45) is 0 Å². The molecule has 0 radical (unpaired) electrons. The highest BCUT2D eigenvalue weighted by atomic mass is 35.5. The number of benzene rings is 2. The highest BCUT2D eigenvalue weighted by Crippen LogP contribution is 2.32. The van der Waals surface area contributed by atoms with Crippen LogP contribution in [0.1, 0.15) is 23.6 Å². The van der Waals surface area contributed by atoms with Crippen LogP contribution in [-0.4, -0.2) is 33.7 Å². The van der Waals surface area contributed by atoms with Gasteiger partial charge < -0.3 is 20.1 Å². The number of hydrogen-bond acceptors (Lipinski definition) is 4. The molecule has 2 aromatic carbocycles. The van der Waals surface area contributed by atoms with Crippen LogP contribution in [0, 0.1) is 5.82 Å². The summed E-state index contributed by atoms with van der Waals surface area (Å²) in [6.07, 6.45) is 0.314. The highest BCUT2D eigenvalue weighted by molar-refractivity contribution is 5.85. The standard InChI is InChI=1S/C19H23FN2O3.ClH/c1-21-10-9-18(23)22-19(13-5-4-6-15(11-13)24-2)16-12-14(20)7-8-17(16)25-3;/h4-8,11-12,19,21H,9-10H2,1-3H3,(H,22,23);1H. The molecule has 0 saturated heterocycles. The first-order valence-corrected chi connectivity index (χ1v) is 8.00. The largest absolute Gasteiger partial charge is 0.497 e. The molecule has 0 heterocycles. The van der Waals surface area contributed by atoms with Crippen molar-refractivity contribution < 1.29 is 18.7 Å². The molecule has 0 aliphatic rings. The Labute approximate surface area is 159 Å². The van der Waals surface area contributed by atoms with Gasteiger partial charge >= 0.3 is 0 Å². The third-order valence-electron chi connectivity index (χ3n) is 3.84. The Hall–Kier alpha value is -2.31. The van der Waals surface area contributed by atoms with E-state index in [0.29, 0.717) is 30.0 Å². The van der Waals surface area contributed by atoms with Crippen molar-refractivity contribution in [1.82, 2.24) is 10.6 Å². The van der Waals surface area contributed by atoms with Crippen LogP contribution in [-0.2, 0) is 4.79 Å². The van der Waals surface area contributed by atoms with Gasteiger partial charge in [0, 0.05) is 18.5 Å². The lowest BCUT2D eigenvalue weighted by molar-refractivity contribution is -0.121. The zero-order chi connectivity index (χ0) is 18.2. The number of methoxy groups -OCH3 is 2. The molecule has 5 nitrogen and oxygen atoms in total. The summed E-state index contributed by atoms with van der Waals surface area (Å²) in [6.45, 7) is 0.553. The van der Waals surface area contributed by atoms with Gasteiger partial charge in [0.2, 0.25) is 5.91 Å². The second-order valence-corrected chi connectivity index (χ2v) is 5.52. The minimum Gasteiger partial charge on any atom is -0.497 e. The van der Waals surface area contributed by atoms with Gasteiger partial charge in [-0.3, -0.25) is 4.79 Å². The summed E-state index contributed by atoms with van der Waals surface area (Å²) >= 11 is 0. The maximum atomic E-state index is 13.8. The zero-order valence-electron chi connectivity index (χ0n) is 15.0. The maximum absolute atomic E-state index is 13.8. The summed E-state index contributed by atoms with van der Waals surface area (Å²) in [5, 5.41) is 5.89. The SMILES string of the molecule is CNCCC(=O)NC(c1cccc(OC)c1)c1cc(F)ccc1OC.Cl. The Morgan fingerprint density at radius 2 is 1.92 bits per heavy atom. The Morgan fingerprint density at radius 1 is 1.15 bits per heavy atom. The van der Waals surface area contributed by atoms with E-state index in [1.807, 2.05) is 24.3 Å². The van der Waals surface area contributed by atoms with Crippen LogP contribution in [0.25, 0.3) is 0 Å². The Balaban J connectivity index is 0.00000338. The number of amides is 1. The van der Waals surface area contributed by atoms with Crippen molar-refractivity contribution in [2.45, 2.75) is 12.5 Å². The molecule has 0 aromatic heterocycles. The molecule has 0 aliphatic carbocycles. The van der Waals surface area contributed by atoms with Crippen molar-refractivity contribution in [3.05, 3.63) is 59.4 Å². The predicted molar refractivity (Wildman–Crippen MR) is 102 cm³/mol. The van der Waals surface area contributed by atoms with Gasteiger partial charge in [0.05, 0.1) is 20.3 Å². The van der Waals surface area contributed by atoms with E-state index in [1.54, 1.807) is 20.2 Å². The van der Waals surface area contributed by atoms with E-state index in [9.17, 15) is 9.18 Å². The van der Waals surface area contributed by atoms with Crippen LogP contribution in [0.4, 0.5) is 4.39 Å². The molecule has 0 bridgehead atoms. The second kappa shape index (κ2) is 10.6. The van der Waals surface area contributed by atoms with Crippen LogP contribution in [0.2, 0.25) is 0 Å². The van der Waals surface area contributed by atoms with E-state index >= 15 is 0 Å². The first-order valence-electron chi connectivity index (χ1n) is 8.00. The first-order chi connectivity index (χ1) is 12.1. The Bertz CT molecular complexity index is 728. The van der Waals surface area contributed by atoms with Gasteiger partial charge in [-0.15, -0.1) is 12.4 Å². The number of ether oxygens (including phenoxy) is 2. The normalized spacial score (nSPS) is 11.2. The smallest absolute Gasteiger partial charge is 0.222 e. The molecule has 142 valence electrons. The van der Waals surface area contributed by atoms with E-state index in [0.717, 1.165) is 5.56 Å². The number of carbonyl (C=O) groups excluding carboxylic acids is 1. The molecule has 2 N–H and O–H groups in total. The van der Waals surface area contributed by atoms with Crippen LogP contribution < -0.4 is 20.1 Å². The van der Waals surface area contributed by atoms with E-state index in [-0.39, 0.29) is 18.3 Å². The molecule has 1 unspecified atom stereocenters. The molecule has 1 amide bonds. The predicted octanol–water partition coefficient (Wildman–Crippen LogP) is 3.08. The van der Waals surface area contributed by atoms with E-state index in [2.05, 4.69) is 10.6 Å². The number of halogens is 2. The summed E-state index contributed by atoms with van der Waals surface area (Å²) < 4.78 is 24.5. The van der Waals surface area contributed by atoms with Crippen molar-refractivity contribution >= 4 is 18.3 Å². The Morgan fingerprint density at radius 3 is 2.58 bits per heavy atom. The molecular formula is C19H24ClFN2O3. The van der Waals surface area contributed by atoms with E-state index in [4.69, 9.17) is 9.47 Å². The third kappa shape index (κ3) is 5.61. The first kappa shape index (κ1) is 21.7. The molecular weight excluding hydrogens is 359 g/mol. The Kier molecular flexibility index (Phi) is 8.88. The molecule has 1 atom stereocenters. The number of nitrogens with one attached hydrogen (secondary N) is 2. The lowest BCUT2D eigenvalue weighted by Crippen LogP contribution is -2.31. The van der Waals surface area contributed by atoms with Crippen LogP contribution >= 0.6 is 12.4 Å². The van der Waals surface area contributed by atoms with Crippen LogP contribution in [0.15, 0.2) is 42.5 Å². The average Bonchev–Trinajstić information content (AvgIpc) is 2.64. The highest BCUT2D eigenvalue weighted by Gasteiger charge is 2.21. The fourth-order valence-corrected chi connectivity index (χ4v) is 2.56. The number of hydrogen-bond donors (Lipinski definition) is 2. The molecule has 26 heavy (non-hydrogen) atoms. The van der Waals surface area contributed by atoms with Gasteiger partial charge in [-0.2, -0.15) is 0 Å². The molecule has 0 saturated carbocycles. The van der Waals surface area contributed by atoms with Gasteiger partial charge in [0.15, 0.2) is 0 Å². The molecule has 2 rings (SSSR count). The van der Waals surface area contributed by atoms with Crippen molar-refractivity contribution in [3.63, 3.8) is 0 Å². The minimum absolute atomic E-state index is 0. The summed E-state index contributed by atoms with van der Waals surface area (Å²) in [5.41, 5.74) is 1.33. The maximum Gasteiger partial charge on any atom is 0.222 e. The average molecular weight is 383 g/mol. The van der Waals surface area contributed by atoms with E-state index < -0.39 is 11.9 Å². The molecule has 7 heteroatoms. The quantitative estimate of drug-likeness (QED) is 0.736. The fraction of sp³-hybridized carbons (Fsp3) is 0.316. The minimum atomic E-state index is -0.551. The molecule has 0 fully saturated rings. The lowest BCUT2D eigenvalue weighted by atomic mass is 9.97. The zero-order valence-corrected chi connectivity index (χ0v) is 15.9. The summed E-state index contributed by atoms with van der Waals surface area (Å²) in [6, 6.07) is 11.0. The van der Waals surface area contributed by atoms with Gasteiger partial charge in [0.25, 0.3) is 0 Å². The fourth-order valence-electron chi connectivity index (χ4n) is 2.56. The number of carbonyl (C=O) groups is 1. The van der Waals surface area contributed by atoms with Crippen LogP contribution in [0.3, 0.4) is 0 Å². The molecule has 2 aromatic rings. The molecule has 0 spiro atoms. The van der Waals surface area contributed by atoms with Gasteiger partial charge in [-0.05, 0) is 42.9 Å². The third-order valence-corrected chi connectivity index (χ3v) is 3.84. The summed E-state index contributed by atoms with van der Waals surface area (Å²) in [7, 11) is 4.87. The molecule has 0 aliphatic heterocycles. The van der Waals surface area contributed by atoms with E-state index in [1.165, 1.54) is 19.2 Å². The topological polar surface area (TPSA) is 59.6 Å². The van der Waals surface area contributed by atoms with Gasteiger partial charge in [0.1, 0.15) is 17.3 Å². The monoisotopic (exact) mass is 382 g/mol. The van der Waals surface area contributed by atoms with Crippen molar-refractivity contribution in [3.8, 4) is 11.5 Å². The van der Waals surface area contributed by atoms with Crippen LogP contribution in [0.5, 0.6) is 11.5 Å². The van der Waals surface area contributed by atoms with Gasteiger partial charge in [-0.25, -0.2) is 4.39 Å². The number of rotatable bonds is 8. The second-order valence-electron chi connectivity index (χ2n) is 5.52. The van der Waals surface area contributed by atoms with Gasteiger partial charge in [-0.1, -0.05) is 12.1 Å². The summed E-state index contributed by atoms with van der Waals surface area (Å²) in [4.78, 5) is 12.3. The van der Waals surface area contributed by atoms with Crippen molar-refractivity contribution in [2.75, 3.05) is 27.8 Å². The summed E-state index contributed by atoms with van der Waals surface area (Å²) in [5.74, 6) is 0.618. The van der Waals surface area contributed by atoms with Crippen molar-refractivity contribution in [1.29, 1.82) is 0 Å². The lowest BCUT2D eigenvalue weighted by Gasteiger charge is -2.22.